The Hall–Kier alpha value is -6.16. The highest BCUT2D eigenvalue weighted by molar-refractivity contribution is 7.25. The van der Waals surface area contributed by atoms with Crippen molar-refractivity contribution in [3.05, 3.63) is 176 Å². The predicted molar refractivity (Wildman–Crippen MR) is 210 cm³/mol. The summed E-state index contributed by atoms with van der Waals surface area (Å²) in [6, 6.07) is 63.2. The van der Waals surface area contributed by atoms with Gasteiger partial charge in [-0.25, -0.2) is 0 Å². The Balaban J connectivity index is 1.08. The first kappa shape index (κ1) is 27.9. The molecule has 3 heteroatoms. The van der Waals surface area contributed by atoms with Gasteiger partial charge in [0.15, 0.2) is 5.58 Å². The molecule has 0 bridgehead atoms. The Morgan fingerprint density at radius 3 is 1.82 bits per heavy atom. The van der Waals surface area contributed by atoms with E-state index in [1.807, 2.05) is 23.5 Å². The number of nitrogens with zero attached hydrogens (tertiary/aromatic N) is 1. The number of benzene rings is 8. The van der Waals surface area contributed by atoms with Crippen LogP contribution in [0.3, 0.4) is 0 Å². The van der Waals surface area contributed by atoms with Gasteiger partial charge in [0.05, 0.1) is 5.69 Å². The van der Waals surface area contributed by atoms with Crippen LogP contribution in [-0.2, 0) is 0 Å². The molecule has 2 heterocycles. The number of para-hydroxylation sites is 2. The smallest absolute Gasteiger partial charge is 0.159 e. The number of rotatable bonds is 5. The molecule has 2 nitrogen and oxygen atoms in total. The third kappa shape index (κ3) is 4.70. The van der Waals surface area contributed by atoms with Crippen LogP contribution in [0.25, 0.3) is 75.1 Å². The first-order valence-corrected chi connectivity index (χ1v) is 17.4. The van der Waals surface area contributed by atoms with Crippen LogP contribution in [0.1, 0.15) is 0 Å². The fourth-order valence-electron chi connectivity index (χ4n) is 7.22. The second kappa shape index (κ2) is 11.2. The predicted octanol–water partition coefficient (Wildman–Crippen LogP) is 13.9. The van der Waals surface area contributed by atoms with E-state index in [2.05, 4.69) is 169 Å². The molecule has 0 spiro atoms. The van der Waals surface area contributed by atoms with Crippen LogP contribution < -0.4 is 4.90 Å². The molecule has 0 unspecified atom stereocenters. The van der Waals surface area contributed by atoms with Crippen molar-refractivity contribution in [2.45, 2.75) is 0 Å². The molecule has 0 saturated heterocycles. The number of furan rings is 1. The van der Waals surface area contributed by atoms with Gasteiger partial charge in [0.2, 0.25) is 0 Å². The summed E-state index contributed by atoms with van der Waals surface area (Å²) in [6.07, 6.45) is 0. The summed E-state index contributed by atoms with van der Waals surface area (Å²) >= 11 is 1.87. The number of hydrogen-bond donors (Lipinski definition) is 0. The van der Waals surface area contributed by atoms with Gasteiger partial charge in [0.25, 0.3) is 0 Å². The van der Waals surface area contributed by atoms with Crippen molar-refractivity contribution in [1.29, 1.82) is 0 Å². The molecule has 0 radical (unpaired) electrons. The molecule has 0 saturated carbocycles. The Morgan fingerprint density at radius 2 is 1.02 bits per heavy atom. The number of hydrogen-bond acceptors (Lipinski definition) is 3. The number of anilines is 3. The topological polar surface area (TPSA) is 16.4 Å². The minimum atomic E-state index is 0.877. The molecular formula is C46H29NOS. The first-order chi connectivity index (χ1) is 24.3. The van der Waals surface area contributed by atoms with E-state index < -0.39 is 0 Å². The van der Waals surface area contributed by atoms with E-state index in [4.69, 9.17) is 4.42 Å². The fraction of sp³-hybridized carbons (Fsp3) is 0. The van der Waals surface area contributed by atoms with E-state index in [9.17, 15) is 0 Å². The molecule has 0 aliphatic carbocycles. The zero-order chi connectivity index (χ0) is 32.3. The largest absolute Gasteiger partial charge is 0.454 e. The quantitative estimate of drug-likeness (QED) is 0.186. The normalized spacial score (nSPS) is 11.7. The Morgan fingerprint density at radius 1 is 0.388 bits per heavy atom. The van der Waals surface area contributed by atoms with Crippen LogP contribution in [0.5, 0.6) is 0 Å². The molecule has 10 aromatic rings. The molecule has 8 aromatic carbocycles. The van der Waals surface area contributed by atoms with Crippen molar-refractivity contribution in [3.63, 3.8) is 0 Å². The summed E-state index contributed by atoms with van der Waals surface area (Å²) in [6.45, 7) is 0. The Labute approximate surface area is 287 Å². The second-order valence-electron chi connectivity index (χ2n) is 12.6. The number of thiophene rings is 1. The highest BCUT2D eigenvalue weighted by Crippen LogP contribution is 2.43. The van der Waals surface area contributed by atoms with Crippen LogP contribution >= 0.6 is 11.3 Å². The molecule has 2 aromatic heterocycles. The Kier molecular flexibility index (Phi) is 6.39. The molecule has 0 N–H and O–H groups in total. The third-order valence-corrected chi connectivity index (χ3v) is 10.8. The average molecular weight is 644 g/mol. The highest BCUT2D eigenvalue weighted by atomic mass is 32.1. The lowest BCUT2D eigenvalue weighted by Gasteiger charge is -2.26. The minimum Gasteiger partial charge on any atom is -0.454 e. The van der Waals surface area contributed by atoms with Crippen LogP contribution in [-0.4, -0.2) is 0 Å². The van der Waals surface area contributed by atoms with Crippen LogP contribution in [0, 0.1) is 0 Å². The van der Waals surface area contributed by atoms with Gasteiger partial charge in [-0.2, -0.15) is 0 Å². The van der Waals surface area contributed by atoms with Crippen molar-refractivity contribution in [1.82, 2.24) is 0 Å². The van der Waals surface area contributed by atoms with E-state index in [1.54, 1.807) is 0 Å². The summed E-state index contributed by atoms with van der Waals surface area (Å²) in [7, 11) is 0. The monoisotopic (exact) mass is 643 g/mol. The van der Waals surface area contributed by atoms with Crippen LogP contribution in [0.4, 0.5) is 17.1 Å². The van der Waals surface area contributed by atoms with Gasteiger partial charge in [-0.05, 0) is 93.7 Å². The van der Waals surface area contributed by atoms with Crippen molar-refractivity contribution >= 4 is 81.3 Å². The standard InChI is InChI=1S/C46H29NOS/c1-2-9-30(10-3-1)31-19-23-36(24-20-31)47(42-14-8-13-40-38-11-4-6-15-43(38)48-46(40)42)37-25-21-32(22-26-37)33-17-18-34-28-41-39-12-5-7-16-44(39)49-45(41)29-35(34)27-33/h1-29H. The maximum atomic E-state index is 6.54. The molecule has 0 amide bonds. The summed E-state index contributed by atoms with van der Waals surface area (Å²) in [4.78, 5) is 2.31. The summed E-state index contributed by atoms with van der Waals surface area (Å²) < 4.78 is 9.21. The van der Waals surface area contributed by atoms with E-state index in [-0.39, 0.29) is 0 Å². The lowest BCUT2D eigenvalue weighted by atomic mass is 9.99. The highest BCUT2D eigenvalue weighted by Gasteiger charge is 2.19. The SMILES string of the molecule is c1ccc(-c2ccc(N(c3ccc(-c4ccc5cc6c(cc5c4)sc4ccccc46)cc3)c3cccc4c3oc3ccccc34)cc2)cc1. The molecule has 230 valence electrons. The average Bonchev–Trinajstić information content (AvgIpc) is 3.73. The summed E-state index contributed by atoms with van der Waals surface area (Å²) in [5.41, 5.74) is 9.69. The van der Waals surface area contributed by atoms with E-state index in [1.165, 1.54) is 53.2 Å². The van der Waals surface area contributed by atoms with Gasteiger partial charge >= 0.3 is 0 Å². The number of fused-ring (bicyclic) bond motifs is 7. The van der Waals surface area contributed by atoms with Crippen LogP contribution in [0.15, 0.2) is 180 Å². The summed E-state index contributed by atoms with van der Waals surface area (Å²) in [5.74, 6) is 0. The van der Waals surface area contributed by atoms with Crippen LogP contribution in [0.2, 0.25) is 0 Å². The lowest BCUT2D eigenvalue weighted by molar-refractivity contribution is 0.669. The maximum Gasteiger partial charge on any atom is 0.159 e. The molecule has 0 atom stereocenters. The zero-order valence-electron chi connectivity index (χ0n) is 26.5. The zero-order valence-corrected chi connectivity index (χ0v) is 27.3. The van der Waals surface area contributed by atoms with Gasteiger partial charge in [0.1, 0.15) is 5.58 Å². The second-order valence-corrected chi connectivity index (χ2v) is 13.6. The van der Waals surface area contributed by atoms with Gasteiger partial charge in [-0.1, -0.05) is 115 Å². The molecule has 0 aliphatic rings. The van der Waals surface area contributed by atoms with E-state index in [0.29, 0.717) is 0 Å². The van der Waals surface area contributed by atoms with Gasteiger partial charge in [-0.15, -0.1) is 11.3 Å². The fourth-order valence-corrected chi connectivity index (χ4v) is 8.36. The minimum absolute atomic E-state index is 0.877. The maximum absolute atomic E-state index is 6.54. The third-order valence-electron chi connectivity index (χ3n) is 9.65. The van der Waals surface area contributed by atoms with Gasteiger partial charge < -0.3 is 9.32 Å². The van der Waals surface area contributed by atoms with Gasteiger partial charge in [0, 0.05) is 42.3 Å². The molecule has 0 aliphatic heterocycles. The first-order valence-electron chi connectivity index (χ1n) is 16.6. The van der Waals surface area contributed by atoms with E-state index >= 15 is 0 Å². The van der Waals surface area contributed by atoms with Crippen molar-refractivity contribution in [3.8, 4) is 22.3 Å². The summed E-state index contributed by atoms with van der Waals surface area (Å²) in [5, 5.41) is 7.43. The lowest BCUT2D eigenvalue weighted by Crippen LogP contribution is -2.10. The van der Waals surface area contributed by atoms with Crippen molar-refractivity contribution in [2.24, 2.45) is 0 Å². The molecule has 10 rings (SSSR count). The van der Waals surface area contributed by atoms with Crippen molar-refractivity contribution in [2.75, 3.05) is 4.90 Å². The van der Waals surface area contributed by atoms with Gasteiger partial charge in [-0.3, -0.25) is 0 Å². The molecule has 0 fully saturated rings. The molecular weight excluding hydrogens is 615 g/mol. The van der Waals surface area contributed by atoms with E-state index in [0.717, 1.165) is 39.0 Å². The van der Waals surface area contributed by atoms with Crippen molar-refractivity contribution < 1.29 is 4.42 Å². The molecule has 49 heavy (non-hydrogen) atoms. The Bertz CT molecular complexity index is 2810.